The fraction of sp³-hybridized carbons (Fsp3) is 0.733. The van der Waals surface area contributed by atoms with Crippen molar-refractivity contribution in [2.75, 3.05) is 37.8 Å². The number of phosphoric ester groups is 3. The van der Waals surface area contributed by atoms with Crippen LogP contribution in [0.3, 0.4) is 0 Å². The van der Waals surface area contributed by atoms with E-state index in [0.29, 0.717) is 0 Å². The van der Waals surface area contributed by atoms with Crippen molar-refractivity contribution in [2.45, 2.75) is 96.2 Å². The third kappa shape index (κ3) is 16.0. The van der Waals surface area contributed by atoms with E-state index in [-0.39, 0.29) is 66.1 Å². The maximum Gasteiger partial charge on any atom is 0.481 e. The summed E-state index contributed by atoms with van der Waals surface area (Å²) >= 11 is 0.898. The Kier molecular flexibility index (Phi) is 19.2. The molecule has 0 radical (unpaired) electrons. The van der Waals surface area contributed by atoms with Crippen LogP contribution in [0.15, 0.2) is 12.7 Å². The van der Waals surface area contributed by atoms with Gasteiger partial charge < -0.3 is 61.1 Å². The lowest BCUT2D eigenvalue weighted by molar-refractivity contribution is -0.137. The molecule has 60 heavy (non-hydrogen) atoms. The standard InChI is InChI=1S/C30H52N7O19P3S/c1-5-16(2)18(39)10-17(38)11-21(41)60-9-8-32-20(40)6-7-33-28(44)25(43)30(3,4)13-53-59(50,51)56-58(48,49)52-12-19-24(55-57(45,46)47)23(42)29(54-19)37-15-36-22-26(31)34-14-35-27(22)37/h14-19,23-25,29,38-39,42-43H,5-13H2,1-4H3,(H,32,40)(H,33,44)(H,48,49)(H,50,51)(H2,31,34,35)(H2,45,46,47)/t16-,17-,18-,19+,23+,24+,25-,29+/m0/s1. The third-order valence-corrected chi connectivity index (χ3v) is 13.0. The number of rotatable bonds is 25. The van der Waals surface area contributed by atoms with Gasteiger partial charge >= 0.3 is 23.5 Å². The number of aromatic nitrogens is 4. The van der Waals surface area contributed by atoms with E-state index in [0.717, 1.165) is 35.4 Å². The number of nitrogens with zero attached hydrogens (tertiary/aromatic N) is 4. The number of ether oxygens (including phenoxy) is 1. The maximum atomic E-state index is 12.7. The van der Waals surface area contributed by atoms with Gasteiger partial charge in [-0.3, -0.25) is 32.5 Å². The minimum atomic E-state index is -5.59. The zero-order valence-corrected chi connectivity index (χ0v) is 36.3. The molecule has 2 aromatic rings. The van der Waals surface area contributed by atoms with E-state index in [1.165, 1.54) is 13.8 Å². The van der Waals surface area contributed by atoms with Gasteiger partial charge in [0.1, 0.15) is 36.3 Å². The van der Waals surface area contributed by atoms with Crippen LogP contribution in [0.2, 0.25) is 0 Å². The van der Waals surface area contributed by atoms with Crippen molar-refractivity contribution in [1.82, 2.24) is 30.2 Å². The number of amides is 2. The first-order chi connectivity index (χ1) is 27.8. The molecule has 1 fully saturated rings. The summed E-state index contributed by atoms with van der Waals surface area (Å²) in [4.78, 5) is 87.8. The zero-order valence-electron chi connectivity index (χ0n) is 32.8. The lowest BCUT2D eigenvalue weighted by atomic mass is 9.87. The van der Waals surface area contributed by atoms with Crippen LogP contribution in [-0.2, 0) is 50.7 Å². The minimum absolute atomic E-state index is 0.0217. The normalized spacial score (nSPS) is 22.7. The number of thioether (sulfide) groups is 1. The van der Waals surface area contributed by atoms with Gasteiger partial charge in [0.2, 0.25) is 11.8 Å². The number of aliphatic hydroxyl groups excluding tert-OH is 4. The van der Waals surface area contributed by atoms with Crippen LogP contribution >= 0.6 is 35.2 Å². The molecule has 2 amide bonds. The number of aliphatic hydroxyl groups is 4. The van der Waals surface area contributed by atoms with Crippen LogP contribution in [0, 0.1) is 11.3 Å². The number of phosphoric acid groups is 3. The Morgan fingerprint density at radius 2 is 1.70 bits per heavy atom. The topological polar surface area (TPSA) is 404 Å². The molecule has 1 aliphatic heterocycles. The first kappa shape index (κ1) is 51.8. The van der Waals surface area contributed by atoms with E-state index >= 15 is 0 Å². The molecule has 0 saturated carbocycles. The van der Waals surface area contributed by atoms with Gasteiger partial charge in [0.15, 0.2) is 22.8 Å². The van der Waals surface area contributed by atoms with Crippen molar-refractivity contribution < 1.29 is 90.7 Å². The number of nitrogens with one attached hydrogen (secondary N) is 2. The van der Waals surface area contributed by atoms with Gasteiger partial charge in [-0.25, -0.2) is 28.6 Å². The van der Waals surface area contributed by atoms with Crippen LogP contribution < -0.4 is 16.4 Å². The number of imidazole rings is 1. The highest BCUT2D eigenvalue weighted by molar-refractivity contribution is 8.13. The van der Waals surface area contributed by atoms with Gasteiger partial charge in [0.25, 0.3) is 0 Å². The first-order valence-corrected chi connectivity index (χ1v) is 23.7. The van der Waals surface area contributed by atoms with Crippen LogP contribution in [-0.4, -0.2) is 145 Å². The zero-order chi connectivity index (χ0) is 45.2. The van der Waals surface area contributed by atoms with Crippen molar-refractivity contribution in [2.24, 2.45) is 11.3 Å². The summed E-state index contributed by atoms with van der Waals surface area (Å²) in [6, 6.07) is 0. The fourth-order valence-corrected chi connectivity index (χ4v) is 8.98. The first-order valence-electron chi connectivity index (χ1n) is 18.2. The molecule has 1 aliphatic rings. The third-order valence-electron chi connectivity index (χ3n) is 8.98. The highest BCUT2D eigenvalue weighted by atomic mass is 32.2. The lowest BCUT2D eigenvalue weighted by Crippen LogP contribution is -2.46. The molecule has 26 nitrogen and oxygen atoms in total. The summed E-state index contributed by atoms with van der Waals surface area (Å²) in [5, 5.41) is 46.1. The molecule has 342 valence electrons. The van der Waals surface area contributed by atoms with Crippen LogP contribution in [0.1, 0.15) is 59.6 Å². The Morgan fingerprint density at radius 3 is 2.35 bits per heavy atom. The summed E-state index contributed by atoms with van der Waals surface area (Å²) < 4.78 is 62.1. The van der Waals surface area contributed by atoms with Gasteiger partial charge in [-0.2, -0.15) is 4.31 Å². The van der Waals surface area contributed by atoms with Gasteiger partial charge in [0, 0.05) is 37.1 Å². The molecule has 2 unspecified atom stereocenters. The number of hydrogen-bond acceptors (Lipinski definition) is 20. The highest BCUT2D eigenvalue weighted by Crippen LogP contribution is 2.61. The lowest BCUT2D eigenvalue weighted by Gasteiger charge is -2.30. The van der Waals surface area contributed by atoms with Crippen LogP contribution in [0.5, 0.6) is 0 Å². The number of nitrogen functional groups attached to an aromatic ring is 1. The maximum absolute atomic E-state index is 12.7. The fourth-order valence-electron chi connectivity index (χ4n) is 5.41. The van der Waals surface area contributed by atoms with E-state index in [1.807, 2.05) is 13.8 Å². The number of carbonyl (C=O) groups excluding carboxylic acids is 3. The van der Waals surface area contributed by atoms with Gasteiger partial charge in [-0.1, -0.05) is 45.9 Å². The SMILES string of the molecule is CC[C@H](C)[C@@H](O)C[C@H](O)CC(=O)SCCNC(=O)CCNC(=O)[C@H](O)C(C)(C)COP(=O)(O)OP(=O)(O)OC[C@H]1O[C@@H](n2cnc3c(N)ncnc32)[C@H](O)[C@@H]1OP(=O)(O)O. The molecule has 2 aromatic heterocycles. The molecular weight excluding hydrogens is 887 g/mol. The molecule has 0 bridgehead atoms. The average Bonchev–Trinajstić information content (AvgIpc) is 3.70. The Morgan fingerprint density at radius 1 is 1.03 bits per heavy atom. The second-order valence-electron chi connectivity index (χ2n) is 14.3. The van der Waals surface area contributed by atoms with Gasteiger partial charge in [-0.15, -0.1) is 0 Å². The summed E-state index contributed by atoms with van der Waals surface area (Å²) in [5.74, 6) is -1.38. The van der Waals surface area contributed by atoms with Crippen LogP contribution in [0.25, 0.3) is 11.2 Å². The quantitative estimate of drug-likeness (QED) is 0.0429. The van der Waals surface area contributed by atoms with Crippen molar-refractivity contribution in [1.29, 1.82) is 0 Å². The molecule has 0 aliphatic carbocycles. The Bertz CT molecular complexity index is 1920. The molecule has 30 heteroatoms. The second-order valence-corrected chi connectivity index (χ2v) is 19.7. The molecular formula is C30H52N7O19P3S. The van der Waals surface area contributed by atoms with E-state index in [4.69, 9.17) is 19.5 Å². The summed E-state index contributed by atoms with van der Waals surface area (Å²) in [6.07, 6.45) is -8.16. The largest absolute Gasteiger partial charge is 0.481 e. The summed E-state index contributed by atoms with van der Waals surface area (Å²) in [6.45, 7) is 4.00. The predicted molar refractivity (Wildman–Crippen MR) is 208 cm³/mol. The molecule has 0 spiro atoms. The number of nitrogens with two attached hydrogens (primary N) is 1. The van der Waals surface area contributed by atoms with E-state index < -0.39 is 96.8 Å². The monoisotopic (exact) mass is 939 g/mol. The molecule has 10 atom stereocenters. The smallest absolute Gasteiger partial charge is 0.393 e. The molecule has 1 saturated heterocycles. The highest BCUT2D eigenvalue weighted by Gasteiger charge is 2.50. The van der Waals surface area contributed by atoms with Crippen molar-refractivity contribution >= 4 is 69.1 Å². The molecule has 0 aromatic carbocycles. The number of hydrogen-bond donors (Lipinski definition) is 11. The minimum Gasteiger partial charge on any atom is -0.393 e. The van der Waals surface area contributed by atoms with Crippen molar-refractivity contribution in [3.05, 3.63) is 12.7 Å². The summed E-state index contributed by atoms with van der Waals surface area (Å²) in [7, 11) is -16.4. The van der Waals surface area contributed by atoms with Crippen molar-refractivity contribution in [3.8, 4) is 0 Å². The summed E-state index contributed by atoms with van der Waals surface area (Å²) in [5.41, 5.74) is 4.21. The predicted octanol–water partition coefficient (Wildman–Crippen LogP) is -0.787. The average molecular weight is 940 g/mol. The number of carbonyl (C=O) groups is 3. The number of anilines is 1. The second kappa shape index (κ2) is 22.2. The van der Waals surface area contributed by atoms with Gasteiger partial charge in [0.05, 0.1) is 31.7 Å². The molecule has 12 N–H and O–H groups in total. The Balaban J connectivity index is 1.44. The Labute approximate surface area is 347 Å². The van der Waals surface area contributed by atoms with E-state index in [2.05, 4.69) is 34.4 Å². The van der Waals surface area contributed by atoms with E-state index in [9.17, 15) is 68.1 Å². The van der Waals surface area contributed by atoms with Crippen LogP contribution in [0.4, 0.5) is 5.82 Å². The Hall–Kier alpha value is -2.52. The molecule has 3 rings (SSSR count). The van der Waals surface area contributed by atoms with Gasteiger partial charge in [-0.05, 0) is 12.3 Å². The number of fused-ring (bicyclic) bond motifs is 1. The molecule has 3 heterocycles. The van der Waals surface area contributed by atoms with Crippen molar-refractivity contribution in [3.63, 3.8) is 0 Å². The van der Waals surface area contributed by atoms with E-state index in [1.54, 1.807) is 0 Å².